The van der Waals surface area contributed by atoms with Gasteiger partial charge in [-0.2, -0.15) is 18.4 Å². The van der Waals surface area contributed by atoms with Gasteiger partial charge in [-0.25, -0.2) is 4.79 Å². The van der Waals surface area contributed by atoms with Crippen LogP contribution < -0.4 is 10.2 Å². The monoisotopic (exact) mass is 408 g/mol. The van der Waals surface area contributed by atoms with E-state index in [2.05, 4.69) is 10.3 Å². The number of carboxylic acids is 1. The van der Waals surface area contributed by atoms with Crippen LogP contribution in [0.4, 0.5) is 24.5 Å². The molecule has 1 aromatic heterocycles. The van der Waals surface area contributed by atoms with Crippen LogP contribution in [0.5, 0.6) is 0 Å². The predicted octanol–water partition coefficient (Wildman–Crippen LogP) is 4.04. The number of hydrogen-bond donors (Lipinski definition) is 2. The molecule has 0 amide bonds. The van der Waals surface area contributed by atoms with Crippen molar-refractivity contribution >= 4 is 34.7 Å². The topological polar surface area (TPSA) is 89.2 Å². The number of alkyl halides is 3. The molecule has 28 heavy (non-hydrogen) atoms. The molecule has 2 aromatic rings. The number of nitrogens with zero attached hydrogens (tertiary/aromatic N) is 3. The van der Waals surface area contributed by atoms with Crippen molar-refractivity contribution in [1.82, 2.24) is 4.98 Å². The molecule has 0 aliphatic heterocycles. The zero-order valence-corrected chi connectivity index (χ0v) is 15.6. The second kappa shape index (κ2) is 7.82. The van der Waals surface area contributed by atoms with Gasteiger partial charge in [-0.3, -0.25) is 4.98 Å². The summed E-state index contributed by atoms with van der Waals surface area (Å²) in [6.45, 7) is 2.80. The Kier molecular flexibility index (Phi) is 5.89. The van der Waals surface area contributed by atoms with Crippen molar-refractivity contribution in [3.63, 3.8) is 0 Å². The highest BCUT2D eigenvalue weighted by Gasteiger charge is 2.38. The number of pyridine rings is 1. The van der Waals surface area contributed by atoms with Crippen LogP contribution in [0.3, 0.4) is 0 Å². The van der Waals surface area contributed by atoms with Crippen molar-refractivity contribution < 1.29 is 23.1 Å². The van der Waals surface area contributed by atoms with Gasteiger partial charge in [0.2, 0.25) is 0 Å². The van der Waals surface area contributed by atoms with E-state index in [0.29, 0.717) is 5.69 Å². The third kappa shape index (κ3) is 4.37. The number of halogens is 3. The van der Waals surface area contributed by atoms with Gasteiger partial charge in [-0.05, 0) is 56.4 Å². The molecule has 0 aliphatic carbocycles. The number of benzene rings is 1. The third-order valence-electron chi connectivity index (χ3n) is 3.89. The molecule has 6 nitrogen and oxygen atoms in total. The van der Waals surface area contributed by atoms with Crippen LogP contribution in [0.25, 0.3) is 0 Å². The Balaban J connectivity index is 2.45. The first-order valence-corrected chi connectivity index (χ1v) is 8.25. The summed E-state index contributed by atoms with van der Waals surface area (Å²) in [4.78, 5) is 16.9. The summed E-state index contributed by atoms with van der Waals surface area (Å²) in [6, 6.07) is 7.67. The van der Waals surface area contributed by atoms with Gasteiger partial charge >= 0.3 is 12.1 Å². The molecule has 0 bridgehead atoms. The van der Waals surface area contributed by atoms with Crippen molar-refractivity contribution in [1.29, 1.82) is 5.26 Å². The number of aliphatic carboxylic acids is 1. The van der Waals surface area contributed by atoms with E-state index in [1.54, 1.807) is 12.1 Å². The molecular weight excluding hydrogens is 393 g/mol. The van der Waals surface area contributed by atoms with Crippen LogP contribution in [0.15, 0.2) is 42.7 Å². The van der Waals surface area contributed by atoms with Gasteiger partial charge in [0.1, 0.15) is 5.54 Å². The summed E-state index contributed by atoms with van der Waals surface area (Å²) < 4.78 is 39.5. The van der Waals surface area contributed by atoms with Gasteiger partial charge < -0.3 is 15.3 Å². The van der Waals surface area contributed by atoms with E-state index in [4.69, 9.17) is 17.5 Å². The van der Waals surface area contributed by atoms with E-state index in [1.165, 1.54) is 43.3 Å². The lowest BCUT2D eigenvalue weighted by atomic mass is 10.0. The fraction of sp³-hybridized carbons (Fsp3) is 0.222. The highest BCUT2D eigenvalue weighted by atomic mass is 32.1. The summed E-state index contributed by atoms with van der Waals surface area (Å²) >= 11 is 5.28. The number of carboxylic acid groups (broad SMARTS) is 1. The minimum Gasteiger partial charge on any atom is -0.480 e. The van der Waals surface area contributed by atoms with E-state index in [-0.39, 0.29) is 10.8 Å². The number of carbonyl (C=O) groups is 1. The molecule has 0 fully saturated rings. The standard InChI is InChI=1S/C18H15F3N4O2S/c1-17(2,15(26)27)25(13-4-3-7-23-10-13)16(28)24-12-6-5-11(9-22)14(8-12)18(19,20)21/h3-8,10H,1-2H3,(H,24,28)(H,26,27). The zero-order chi connectivity index (χ0) is 21.1. The highest BCUT2D eigenvalue weighted by molar-refractivity contribution is 7.80. The molecule has 146 valence electrons. The summed E-state index contributed by atoms with van der Waals surface area (Å²) in [5, 5.41) is 20.9. The SMILES string of the molecule is CC(C)(C(=O)O)N(C(=S)Nc1ccc(C#N)c(C(F)(F)F)c1)c1cccnc1. The van der Waals surface area contributed by atoms with Gasteiger partial charge in [0, 0.05) is 11.9 Å². The van der Waals surface area contributed by atoms with Gasteiger partial charge in [0.05, 0.1) is 29.1 Å². The van der Waals surface area contributed by atoms with Crippen LogP contribution >= 0.6 is 12.2 Å². The van der Waals surface area contributed by atoms with Gasteiger partial charge in [0.15, 0.2) is 5.11 Å². The predicted molar refractivity (Wildman–Crippen MR) is 101 cm³/mol. The smallest absolute Gasteiger partial charge is 0.417 e. The number of rotatable bonds is 4. The molecule has 1 heterocycles. The minimum absolute atomic E-state index is 0.0357. The first-order valence-electron chi connectivity index (χ1n) is 7.84. The number of thiocarbonyl (C=S) groups is 1. The van der Waals surface area contributed by atoms with E-state index in [0.717, 1.165) is 12.1 Å². The molecule has 0 atom stereocenters. The van der Waals surface area contributed by atoms with Crippen LogP contribution in [0, 0.1) is 11.3 Å². The number of aromatic nitrogens is 1. The Bertz CT molecular complexity index is 940. The maximum Gasteiger partial charge on any atom is 0.417 e. The Hall–Kier alpha value is -3.19. The van der Waals surface area contributed by atoms with Crippen molar-refractivity contribution in [3.05, 3.63) is 53.9 Å². The van der Waals surface area contributed by atoms with Gasteiger partial charge in [-0.1, -0.05) is 0 Å². The minimum atomic E-state index is -4.73. The average Bonchev–Trinajstić information content (AvgIpc) is 2.61. The van der Waals surface area contributed by atoms with Crippen LogP contribution in [-0.4, -0.2) is 26.7 Å². The van der Waals surface area contributed by atoms with Gasteiger partial charge in [-0.15, -0.1) is 0 Å². The van der Waals surface area contributed by atoms with Crippen molar-refractivity contribution in [2.45, 2.75) is 25.6 Å². The number of hydrogen-bond acceptors (Lipinski definition) is 4. The van der Waals surface area contributed by atoms with E-state index < -0.39 is 28.8 Å². The number of nitrogens with one attached hydrogen (secondary N) is 1. The van der Waals surface area contributed by atoms with Crippen molar-refractivity contribution in [2.24, 2.45) is 0 Å². The number of anilines is 2. The molecule has 10 heteroatoms. The van der Waals surface area contributed by atoms with Gasteiger partial charge in [0.25, 0.3) is 0 Å². The fourth-order valence-corrected chi connectivity index (χ4v) is 2.86. The Morgan fingerprint density at radius 1 is 1.32 bits per heavy atom. The summed E-state index contributed by atoms with van der Waals surface area (Å²) in [5.41, 5.74) is -2.86. The van der Waals surface area contributed by atoms with Crippen LogP contribution in [-0.2, 0) is 11.0 Å². The number of nitriles is 1. The first kappa shape index (κ1) is 21.1. The third-order valence-corrected chi connectivity index (χ3v) is 4.17. The molecule has 0 saturated heterocycles. The summed E-state index contributed by atoms with van der Waals surface area (Å²) in [7, 11) is 0. The largest absolute Gasteiger partial charge is 0.480 e. The highest BCUT2D eigenvalue weighted by Crippen LogP contribution is 2.34. The zero-order valence-electron chi connectivity index (χ0n) is 14.8. The molecule has 1 aromatic carbocycles. The molecule has 2 N–H and O–H groups in total. The van der Waals surface area contributed by atoms with Crippen molar-refractivity contribution in [2.75, 3.05) is 10.2 Å². The Morgan fingerprint density at radius 3 is 2.50 bits per heavy atom. The maximum atomic E-state index is 13.2. The molecule has 2 rings (SSSR count). The lowest BCUT2D eigenvalue weighted by Crippen LogP contribution is -2.54. The molecular formula is C18H15F3N4O2S. The fourth-order valence-electron chi connectivity index (χ4n) is 2.41. The van der Waals surface area contributed by atoms with E-state index >= 15 is 0 Å². The maximum absolute atomic E-state index is 13.2. The second-order valence-corrected chi connectivity index (χ2v) is 6.60. The Morgan fingerprint density at radius 2 is 2.00 bits per heavy atom. The lowest BCUT2D eigenvalue weighted by molar-refractivity contribution is -0.141. The summed E-state index contributed by atoms with van der Waals surface area (Å²) in [6.07, 6.45) is -1.85. The first-order chi connectivity index (χ1) is 13.0. The molecule has 0 saturated carbocycles. The Labute approximate surface area is 164 Å². The quantitative estimate of drug-likeness (QED) is 0.738. The van der Waals surface area contributed by atoms with E-state index in [1.807, 2.05) is 0 Å². The van der Waals surface area contributed by atoms with E-state index in [9.17, 15) is 23.1 Å². The van der Waals surface area contributed by atoms with Crippen LogP contribution in [0.2, 0.25) is 0 Å². The second-order valence-electron chi connectivity index (χ2n) is 6.21. The molecule has 0 unspecified atom stereocenters. The summed E-state index contributed by atoms with van der Waals surface area (Å²) in [5.74, 6) is -1.20. The molecule has 0 radical (unpaired) electrons. The molecule has 0 aliphatic rings. The normalized spacial score (nSPS) is 11.4. The van der Waals surface area contributed by atoms with Crippen LogP contribution in [0.1, 0.15) is 25.0 Å². The average molecular weight is 408 g/mol. The lowest BCUT2D eigenvalue weighted by Gasteiger charge is -2.37. The van der Waals surface area contributed by atoms with Crippen molar-refractivity contribution in [3.8, 4) is 6.07 Å². The molecule has 0 spiro atoms.